The molecule has 0 amide bonds. The van der Waals surface area contributed by atoms with Crippen LogP contribution in [0.3, 0.4) is 0 Å². The Kier molecular flexibility index (Phi) is 9.92. The maximum absolute atomic E-state index is 14.4. The van der Waals surface area contributed by atoms with E-state index < -0.39 is 29.9 Å². The van der Waals surface area contributed by atoms with Gasteiger partial charge in [-0.3, -0.25) is 0 Å². The molecule has 4 rings (SSSR count). The third-order valence-corrected chi connectivity index (χ3v) is 10.2. The molecule has 0 fully saturated rings. The fraction of sp³-hybridized carbons (Fsp3) is 0.367. The third kappa shape index (κ3) is 6.94. The number of sulfonamides is 1. The Hall–Kier alpha value is -3.45. The van der Waals surface area contributed by atoms with Crippen molar-refractivity contribution >= 4 is 35.8 Å². The highest BCUT2D eigenvalue weighted by atomic mass is 32.2. The summed E-state index contributed by atoms with van der Waals surface area (Å²) < 4.78 is 66.6. The lowest BCUT2D eigenvalue weighted by atomic mass is 9.98. The van der Waals surface area contributed by atoms with Crippen LogP contribution in [0.15, 0.2) is 58.1 Å². The zero-order valence-corrected chi connectivity index (χ0v) is 26.3. The van der Waals surface area contributed by atoms with Crippen molar-refractivity contribution < 1.29 is 36.2 Å². The number of esters is 1. The Morgan fingerprint density at radius 2 is 1.95 bits per heavy atom. The van der Waals surface area contributed by atoms with Gasteiger partial charge in [0.25, 0.3) is 10.0 Å². The monoisotopic (exact) mass is 616 g/mol. The van der Waals surface area contributed by atoms with E-state index in [1.807, 2.05) is 6.92 Å². The zero-order chi connectivity index (χ0) is 30.5. The van der Waals surface area contributed by atoms with Crippen LogP contribution in [-0.2, 0) is 26.1 Å². The van der Waals surface area contributed by atoms with E-state index in [9.17, 15) is 17.6 Å². The lowest BCUT2D eigenvalue weighted by Crippen LogP contribution is -2.36. The van der Waals surface area contributed by atoms with Crippen LogP contribution in [-0.4, -0.2) is 56.0 Å². The minimum atomic E-state index is -4.40. The van der Waals surface area contributed by atoms with Crippen molar-refractivity contribution in [3.63, 3.8) is 0 Å². The van der Waals surface area contributed by atoms with Gasteiger partial charge in [-0.05, 0) is 54.6 Å². The van der Waals surface area contributed by atoms with Crippen molar-refractivity contribution in [2.45, 2.75) is 44.1 Å². The number of anilines is 1. The summed E-state index contributed by atoms with van der Waals surface area (Å²) in [5.41, 5.74) is 1.43. The quantitative estimate of drug-likeness (QED) is 0.110. The van der Waals surface area contributed by atoms with E-state index in [1.165, 1.54) is 25.5 Å². The lowest BCUT2D eigenvalue weighted by molar-refractivity contribution is 0.0595. The minimum Gasteiger partial charge on any atom is -0.484 e. The second kappa shape index (κ2) is 13.2. The van der Waals surface area contributed by atoms with Gasteiger partial charge in [0, 0.05) is 32.4 Å². The second-order valence-corrected chi connectivity index (χ2v) is 18.4. The van der Waals surface area contributed by atoms with Gasteiger partial charge in [0.2, 0.25) is 0 Å². The van der Waals surface area contributed by atoms with Crippen LogP contribution in [0.5, 0.6) is 5.75 Å². The molecule has 1 aliphatic heterocycles. The molecular formula is C30H37FN2O7SSi. The standard InChI is InChI=1S/C30H37FN2O7SSi/c1-6-32-14-7-8-21-18-22(31)9-12-27(21)41(35,36)33(20-38-16-17-42(3,4)5)25-11-10-24-23-13-15-39-26(23)19-40-29(24)28(25)30(34)37-2/h7-13,15,18,32H,6,14,16-17,19-20H2,1-5H3. The molecule has 3 aromatic rings. The summed E-state index contributed by atoms with van der Waals surface area (Å²) in [6.45, 7) is 9.71. The molecule has 2 heterocycles. The maximum atomic E-state index is 14.4. The molecule has 0 spiro atoms. The van der Waals surface area contributed by atoms with Gasteiger partial charge >= 0.3 is 5.97 Å². The molecule has 1 N–H and O–H groups in total. The van der Waals surface area contributed by atoms with Gasteiger partial charge in [-0.25, -0.2) is 21.9 Å². The van der Waals surface area contributed by atoms with Crippen LogP contribution in [0.2, 0.25) is 25.7 Å². The Bertz CT molecular complexity index is 1560. The van der Waals surface area contributed by atoms with Crippen molar-refractivity contribution in [2.75, 3.05) is 37.8 Å². The number of ether oxygens (including phenoxy) is 3. The number of nitrogens with one attached hydrogen (secondary N) is 1. The number of benzene rings is 2. The molecule has 42 heavy (non-hydrogen) atoms. The first kappa shape index (κ1) is 31.5. The van der Waals surface area contributed by atoms with Crippen molar-refractivity contribution in [1.82, 2.24) is 5.32 Å². The fourth-order valence-electron chi connectivity index (χ4n) is 4.48. The van der Waals surface area contributed by atoms with Crippen LogP contribution in [0.4, 0.5) is 10.1 Å². The molecule has 0 bridgehead atoms. The minimum absolute atomic E-state index is 0.0208. The highest BCUT2D eigenvalue weighted by molar-refractivity contribution is 7.93. The van der Waals surface area contributed by atoms with Crippen LogP contribution in [0.1, 0.15) is 28.6 Å². The van der Waals surface area contributed by atoms with E-state index in [0.717, 1.165) is 34.6 Å². The van der Waals surface area contributed by atoms with Gasteiger partial charge in [0.15, 0.2) is 0 Å². The van der Waals surface area contributed by atoms with Crippen LogP contribution in [0.25, 0.3) is 17.2 Å². The van der Waals surface area contributed by atoms with Crippen molar-refractivity contribution in [1.29, 1.82) is 0 Å². The summed E-state index contributed by atoms with van der Waals surface area (Å²) in [7, 11) is -4.67. The fourth-order valence-corrected chi connectivity index (χ4v) is 6.77. The number of furan rings is 1. The summed E-state index contributed by atoms with van der Waals surface area (Å²) >= 11 is 0. The molecule has 2 aromatic carbocycles. The van der Waals surface area contributed by atoms with Crippen molar-refractivity contribution in [3.8, 4) is 16.9 Å². The molecule has 9 nitrogen and oxygen atoms in total. The molecule has 0 unspecified atom stereocenters. The van der Waals surface area contributed by atoms with Gasteiger partial charge in [0.05, 0.1) is 24.0 Å². The highest BCUT2D eigenvalue weighted by Gasteiger charge is 2.35. The average molecular weight is 617 g/mol. The number of carbonyl (C=O) groups excluding carboxylic acids is 1. The third-order valence-electron chi connectivity index (χ3n) is 6.73. The van der Waals surface area contributed by atoms with E-state index in [0.29, 0.717) is 24.5 Å². The molecule has 1 aliphatic rings. The molecule has 12 heteroatoms. The molecule has 0 saturated heterocycles. The van der Waals surface area contributed by atoms with Crippen molar-refractivity contribution in [2.24, 2.45) is 0 Å². The number of nitrogens with zero attached hydrogens (tertiary/aromatic N) is 1. The number of likely N-dealkylation sites (N-methyl/N-ethyl adjacent to an activating group) is 1. The van der Waals surface area contributed by atoms with Crippen LogP contribution >= 0.6 is 0 Å². The van der Waals surface area contributed by atoms with Crippen LogP contribution in [0, 0.1) is 5.82 Å². The van der Waals surface area contributed by atoms with Gasteiger partial charge in [-0.15, -0.1) is 0 Å². The first-order chi connectivity index (χ1) is 20.0. The summed E-state index contributed by atoms with van der Waals surface area (Å²) in [6.07, 6.45) is 4.80. The smallest absolute Gasteiger partial charge is 0.343 e. The number of rotatable bonds is 13. The first-order valence-corrected chi connectivity index (χ1v) is 18.8. The summed E-state index contributed by atoms with van der Waals surface area (Å²) in [5, 5.41) is 3.12. The number of methoxy groups -OCH3 is 1. The number of fused-ring (bicyclic) bond motifs is 3. The topological polar surface area (TPSA) is 107 Å². The number of carbonyl (C=O) groups is 1. The number of halogens is 1. The molecule has 1 aromatic heterocycles. The SMILES string of the molecule is CCNCC=Cc1cc(F)ccc1S(=O)(=O)N(COCC[Si](C)(C)C)c1ccc2c(c1C(=O)OC)OCc1occc1-2. The average Bonchev–Trinajstić information content (AvgIpc) is 3.43. The summed E-state index contributed by atoms with van der Waals surface area (Å²) in [5.74, 6) is -0.588. The van der Waals surface area contributed by atoms with Crippen molar-refractivity contribution in [3.05, 3.63) is 71.4 Å². The Labute approximate surface area is 247 Å². The predicted molar refractivity (Wildman–Crippen MR) is 162 cm³/mol. The number of hydrogen-bond donors (Lipinski definition) is 1. The van der Waals surface area contributed by atoms with Gasteiger partial charge in [-0.2, -0.15) is 0 Å². The van der Waals surface area contributed by atoms with E-state index in [1.54, 1.807) is 24.3 Å². The summed E-state index contributed by atoms with van der Waals surface area (Å²) in [6, 6.07) is 9.24. The molecule has 0 aliphatic carbocycles. The van der Waals surface area contributed by atoms with E-state index in [4.69, 9.17) is 18.6 Å². The molecule has 226 valence electrons. The van der Waals surface area contributed by atoms with Gasteiger partial charge < -0.3 is 23.9 Å². The molecule has 0 radical (unpaired) electrons. The first-order valence-electron chi connectivity index (χ1n) is 13.7. The van der Waals surface area contributed by atoms with E-state index in [-0.39, 0.29) is 40.8 Å². The molecule has 0 saturated carbocycles. The van der Waals surface area contributed by atoms with Gasteiger partial charge in [0.1, 0.15) is 36.2 Å². The molecule has 0 atom stereocenters. The Morgan fingerprint density at radius 1 is 1.17 bits per heavy atom. The normalized spacial score (nSPS) is 13.0. The van der Waals surface area contributed by atoms with E-state index in [2.05, 4.69) is 25.0 Å². The molecular weight excluding hydrogens is 579 g/mol. The Morgan fingerprint density at radius 3 is 2.67 bits per heavy atom. The Balaban J connectivity index is 1.86. The predicted octanol–water partition coefficient (Wildman–Crippen LogP) is 5.90. The second-order valence-electron chi connectivity index (χ2n) is 11.0. The largest absolute Gasteiger partial charge is 0.484 e. The summed E-state index contributed by atoms with van der Waals surface area (Å²) in [4.78, 5) is 13.1. The van der Waals surface area contributed by atoms with Gasteiger partial charge in [-0.1, -0.05) is 38.7 Å². The van der Waals surface area contributed by atoms with Crippen LogP contribution < -0.4 is 14.4 Å². The maximum Gasteiger partial charge on any atom is 0.343 e. The lowest BCUT2D eigenvalue weighted by Gasteiger charge is -2.29. The van der Waals surface area contributed by atoms with E-state index >= 15 is 0 Å². The zero-order valence-electron chi connectivity index (χ0n) is 24.5. The highest BCUT2D eigenvalue weighted by Crippen LogP contribution is 2.45. The number of hydrogen-bond acceptors (Lipinski definition) is 8.